The van der Waals surface area contributed by atoms with Gasteiger partial charge in [0.25, 0.3) is 0 Å². The van der Waals surface area contributed by atoms with E-state index in [1.54, 1.807) is 5.56 Å². The molecule has 1 aromatic carbocycles. The molecule has 0 bridgehead atoms. The average Bonchev–Trinajstić information content (AvgIpc) is 2.19. The van der Waals surface area contributed by atoms with Crippen LogP contribution in [0.5, 0.6) is 0 Å². The number of rotatable bonds is 4. The maximum absolute atomic E-state index is 3.51. The highest BCUT2D eigenvalue weighted by Crippen LogP contribution is 2.31. The molecule has 0 radical (unpaired) electrons. The van der Waals surface area contributed by atoms with E-state index in [0.29, 0.717) is 6.04 Å². The van der Waals surface area contributed by atoms with Crippen molar-refractivity contribution in [3.05, 3.63) is 34.9 Å². The highest BCUT2D eigenvalue weighted by atomic mass is 14.9. The average molecular weight is 217 g/mol. The van der Waals surface area contributed by atoms with Crippen LogP contribution < -0.4 is 5.32 Å². The van der Waals surface area contributed by atoms with Gasteiger partial charge in [-0.2, -0.15) is 0 Å². The van der Waals surface area contributed by atoms with Crippen molar-refractivity contribution < 1.29 is 0 Å². The molecule has 1 fully saturated rings. The minimum absolute atomic E-state index is 0.675. The first-order valence-electron chi connectivity index (χ1n) is 6.44. The van der Waals surface area contributed by atoms with E-state index in [1.807, 2.05) is 0 Å². The standard InChI is InChI=1S/C15H23N/c1-11-6-4-7-12(2)14(11)10-15(16-3)13-8-5-9-13/h4,6-7,13,15-16H,5,8-10H2,1-3H3. The van der Waals surface area contributed by atoms with Crippen molar-refractivity contribution in [3.8, 4) is 0 Å². The van der Waals surface area contributed by atoms with E-state index in [-0.39, 0.29) is 0 Å². The number of aryl methyl sites for hydroxylation is 2. The molecule has 0 amide bonds. The van der Waals surface area contributed by atoms with Gasteiger partial charge in [-0.05, 0) is 62.8 Å². The predicted molar refractivity (Wildman–Crippen MR) is 69.8 cm³/mol. The molecule has 0 aromatic heterocycles. The summed E-state index contributed by atoms with van der Waals surface area (Å²) in [7, 11) is 2.11. The molecule has 1 saturated carbocycles. The van der Waals surface area contributed by atoms with Crippen LogP contribution >= 0.6 is 0 Å². The Morgan fingerprint density at radius 2 is 1.88 bits per heavy atom. The maximum Gasteiger partial charge on any atom is 0.0133 e. The van der Waals surface area contributed by atoms with E-state index in [9.17, 15) is 0 Å². The number of nitrogens with one attached hydrogen (secondary N) is 1. The molecule has 0 aliphatic heterocycles. The van der Waals surface area contributed by atoms with E-state index in [4.69, 9.17) is 0 Å². The summed E-state index contributed by atoms with van der Waals surface area (Å²) in [6.45, 7) is 4.46. The van der Waals surface area contributed by atoms with Crippen LogP contribution in [0.2, 0.25) is 0 Å². The maximum atomic E-state index is 3.51. The fourth-order valence-corrected chi connectivity index (χ4v) is 2.74. The van der Waals surface area contributed by atoms with Gasteiger partial charge in [-0.3, -0.25) is 0 Å². The van der Waals surface area contributed by atoms with Crippen molar-refractivity contribution in [2.45, 2.75) is 45.6 Å². The monoisotopic (exact) mass is 217 g/mol. The van der Waals surface area contributed by atoms with Gasteiger partial charge >= 0.3 is 0 Å². The summed E-state index contributed by atoms with van der Waals surface area (Å²) in [5.74, 6) is 0.906. The number of likely N-dealkylation sites (N-methyl/N-ethyl adjacent to an activating group) is 1. The largest absolute Gasteiger partial charge is 0.316 e. The smallest absolute Gasteiger partial charge is 0.0133 e. The Hall–Kier alpha value is -0.820. The van der Waals surface area contributed by atoms with E-state index < -0.39 is 0 Å². The summed E-state index contributed by atoms with van der Waals surface area (Å²) in [5.41, 5.74) is 4.44. The van der Waals surface area contributed by atoms with Crippen LogP contribution in [0.25, 0.3) is 0 Å². The quantitative estimate of drug-likeness (QED) is 0.816. The predicted octanol–water partition coefficient (Wildman–Crippen LogP) is 3.23. The molecule has 1 aliphatic rings. The Labute approximate surface area is 99.3 Å². The fourth-order valence-electron chi connectivity index (χ4n) is 2.74. The lowest BCUT2D eigenvalue weighted by atomic mass is 9.77. The molecule has 0 spiro atoms. The first-order chi connectivity index (χ1) is 7.72. The molecule has 0 saturated heterocycles. The van der Waals surface area contributed by atoms with Crippen molar-refractivity contribution in [1.82, 2.24) is 5.32 Å². The van der Waals surface area contributed by atoms with Gasteiger partial charge in [-0.15, -0.1) is 0 Å². The van der Waals surface area contributed by atoms with E-state index in [2.05, 4.69) is 44.4 Å². The first kappa shape index (κ1) is 11.7. The number of hydrogen-bond acceptors (Lipinski definition) is 1. The summed E-state index contributed by atoms with van der Waals surface area (Å²) in [6.07, 6.45) is 5.45. The van der Waals surface area contributed by atoms with Gasteiger partial charge < -0.3 is 5.32 Å². The molecule has 1 N–H and O–H groups in total. The molecule has 2 rings (SSSR count). The zero-order valence-electron chi connectivity index (χ0n) is 10.7. The highest BCUT2D eigenvalue weighted by Gasteiger charge is 2.26. The Bertz CT molecular complexity index is 332. The van der Waals surface area contributed by atoms with Gasteiger partial charge in [0.1, 0.15) is 0 Å². The van der Waals surface area contributed by atoms with E-state index >= 15 is 0 Å². The van der Waals surface area contributed by atoms with Gasteiger partial charge in [0.2, 0.25) is 0 Å². The van der Waals surface area contributed by atoms with Crippen LogP contribution in [0, 0.1) is 19.8 Å². The van der Waals surface area contributed by atoms with Crippen molar-refractivity contribution >= 4 is 0 Å². The zero-order valence-corrected chi connectivity index (χ0v) is 10.7. The third-order valence-corrected chi connectivity index (χ3v) is 4.16. The number of benzene rings is 1. The molecule has 0 heterocycles. The lowest BCUT2D eigenvalue weighted by Gasteiger charge is -2.34. The van der Waals surface area contributed by atoms with Gasteiger partial charge in [0, 0.05) is 6.04 Å². The van der Waals surface area contributed by atoms with Crippen LogP contribution in [0.1, 0.15) is 36.0 Å². The van der Waals surface area contributed by atoms with Gasteiger partial charge in [0.05, 0.1) is 0 Å². The lowest BCUT2D eigenvalue weighted by Crippen LogP contribution is -2.39. The number of hydrogen-bond donors (Lipinski definition) is 1. The molecule has 16 heavy (non-hydrogen) atoms. The topological polar surface area (TPSA) is 12.0 Å². The second-order valence-corrected chi connectivity index (χ2v) is 5.16. The summed E-state index contributed by atoms with van der Waals surface area (Å²) in [5, 5.41) is 3.51. The van der Waals surface area contributed by atoms with Gasteiger partial charge in [-0.1, -0.05) is 24.6 Å². The normalized spacial score (nSPS) is 18.2. The Kier molecular flexibility index (Phi) is 3.65. The molecule has 1 heteroatoms. The summed E-state index contributed by atoms with van der Waals surface area (Å²) < 4.78 is 0. The fraction of sp³-hybridized carbons (Fsp3) is 0.600. The van der Waals surface area contributed by atoms with Crippen LogP contribution in [-0.4, -0.2) is 13.1 Å². The zero-order chi connectivity index (χ0) is 11.5. The van der Waals surface area contributed by atoms with Crippen LogP contribution in [-0.2, 0) is 6.42 Å². The van der Waals surface area contributed by atoms with Crippen molar-refractivity contribution in [2.24, 2.45) is 5.92 Å². The first-order valence-corrected chi connectivity index (χ1v) is 6.44. The molecule has 1 nitrogen and oxygen atoms in total. The van der Waals surface area contributed by atoms with E-state index in [1.165, 1.54) is 36.8 Å². The molecule has 88 valence electrons. The Balaban J connectivity index is 2.11. The van der Waals surface area contributed by atoms with Crippen molar-refractivity contribution in [1.29, 1.82) is 0 Å². The minimum Gasteiger partial charge on any atom is -0.316 e. The van der Waals surface area contributed by atoms with Crippen LogP contribution in [0.15, 0.2) is 18.2 Å². The molecule has 1 atom stereocenters. The second kappa shape index (κ2) is 5.01. The second-order valence-electron chi connectivity index (χ2n) is 5.16. The van der Waals surface area contributed by atoms with Gasteiger partial charge in [-0.25, -0.2) is 0 Å². The molecular weight excluding hydrogens is 194 g/mol. The van der Waals surface area contributed by atoms with Gasteiger partial charge in [0.15, 0.2) is 0 Å². The molecular formula is C15H23N. The van der Waals surface area contributed by atoms with E-state index in [0.717, 1.165) is 5.92 Å². The van der Waals surface area contributed by atoms with Crippen molar-refractivity contribution in [3.63, 3.8) is 0 Å². The van der Waals surface area contributed by atoms with Crippen LogP contribution in [0.3, 0.4) is 0 Å². The lowest BCUT2D eigenvalue weighted by molar-refractivity contribution is 0.235. The summed E-state index contributed by atoms with van der Waals surface area (Å²) in [4.78, 5) is 0. The molecule has 1 aliphatic carbocycles. The third-order valence-electron chi connectivity index (χ3n) is 4.16. The highest BCUT2D eigenvalue weighted by molar-refractivity contribution is 5.34. The summed E-state index contributed by atoms with van der Waals surface area (Å²) in [6, 6.07) is 7.30. The van der Waals surface area contributed by atoms with Crippen LogP contribution in [0.4, 0.5) is 0 Å². The Morgan fingerprint density at radius 1 is 1.25 bits per heavy atom. The Morgan fingerprint density at radius 3 is 2.31 bits per heavy atom. The third kappa shape index (κ3) is 2.30. The molecule has 1 aromatic rings. The summed E-state index contributed by atoms with van der Waals surface area (Å²) >= 11 is 0. The minimum atomic E-state index is 0.675. The molecule has 1 unspecified atom stereocenters. The van der Waals surface area contributed by atoms with Crippen molar-refractivity contribution in [2.75, 3.05) is 7.05 Å². The SMILES string of the molecule is CNC(Cc1c(C)cccc1C)C1CCC1.